The Balaban J connectivity index is 1.78. The second-order valence-electron chi connectivity index (χ2n) is 4.25. The minimum atomic E-state index is -0.402. The van der Waals surface area contributed by atoms with Crippen LogP contribution in [0.2, 0.25) is 0 Å². The molecule has 0 fully saturated rings. The number of benzene rings is 2. The second kappa shape index (κ2) is 6.65. The van der Waals surface area contributed by atoms with Crippen LogP contribution in [0, 0.1) is 11.6 Å². The first kappa shape index (κ1) is 14.0. The van der Waals surface area contributed by atoms with Crippen molar-refractivity contribution in [1.29, 1.82) is 0 Å². The molecule has 0 aliphatic rings. The number of amides is 1. The van der Waals surface area contributed by atoms with E-state index in [4.69, 9.17) is 0 Å². The third kappa shape index (κ3) is 4.35. The molecule has 0 aromatic heterocycles. The largest absolute Gasteiger partial charge is 0.384 e. The Kier molecular flexibility index (Phi) is 4.65. The van der Waals surface area contributed by atoms with Crippen LogP contribution in [0.5, 0.6) is 0 Å². The number of carbonyl (C=O) groups excluding carboxylic acids is 1. The molecular weight excluding hydrogens is 262 g/mol. The first-order chi connectivity index (χ1) is 9.63. The standard InChI is InChI=1S/C15H14F2N2O/c16-11-3-1-5-13(9-11)18-8-7-15(20)19-14-6-2-4-12(17)10-14/h1-6,9-10,18H,7-8H2,(H,19,20). The van der Waals surface area contributed by atoms with Crippen molar-refractivity contribution >= 4 is 17.3 Å². The maximum absolute atomic E-state index is 12.9. The number of nitrogens with one attached hydrogen (secondary N) is 2. The van der Waals surface area contributed by atoms with E-state index in [1.807, 2.05) is 0 Å². The lowest BCUT2D eigenvalue weighted by atomic mass is 10.3. The van der Waals surface area contributed by atoms with Crippen molar-refractivity contribution in [2.75, 3.05) is 17.2 Å². The van der Waals surface area contributed by atoms with E-state index in [-0.39, 0.29) is 18.1 Å². The Morgan fingerprint density at radius 2 is 1.55 bits per heavy atom. The summed E-state index contributed by atoms with van der Waals surface area (Å²) in [6.07, 6.45) is 0.201. The van der Waals surface area contributed by atoms with Crippen LogP contribution in [0.3, 0.4) is 0 Å². The molecule has 0 bridgehead atoms. The van der Waals surface area contributed by atoms with Crippen LogP contribution >= 0.6 is 0 Å². The molecule has 3 nitrogen and oxygen atoms in total. The van der Waals surface area contributed by atoms with E-state index in [9.17, 15) is 13.6 Å². The Morgan fingerprint density at radius 1 is 0.950 bits per heavy atom. The highest BCUT2D eigenvalue weighted by Crippen LogP contribution is 2.10. The summed E-state index contributed by atoms with van der Waals surface area (Å²) in [4.78, 5) is 11.6. The molecule has 20 heavy (non-hydrogen) atoms. The van der Waals surface area contributed by atoms with E-state index in [1.165, 1.54) is 30.3 Å². The van der Waals surface area contributed by atoms with Gasteiger partial charge in [-0.05, 0) is 36.4 Å². The molecule has 5 heteroatoms. The second-order valence-corrected chi connectivity index (χ2v) is 4.25. The number of anilines is 2. The van der Waals surface area contributed by atoms with Crippen molar-refractivity contribution in [1.82, 2.24) is 0 Å². The first-order valence-corrected chi connectivity index (χ1v) is 6.18. The molecule has 0 saturated carbocycles. The normalized spacial score (nSPS) is 10.1. The van der Waals surface area contributed by atoms with Gasteiger partial charge >= 0.3 is 0 Å². The average molecular weight is 276 g/mol. The lowest BCUT2D eigenvalue weighted by molar-refractivity contribution is -0.115. The van der Waals surface area contributed by atoms with Gasteiger partial charge in [-0.15, -0.1) is 0 Å². The Hall–Kier alpha value is -2.43. The SMILES string of the molecule is O=C(CCNc1cccc(F)c1)Nc1cccc(F)c1. The third-order valence-electron chi connectivity index (χ3n) is 2.61. The van der Waals surface area contributed by atoms with Crippen LogP contribution in [-0.2, 0) is 4.79 Å². The summed E-state index contributed by atoms with van der Waals surface area (Å²) in [5, 5.41) is 5.53. The van der Waals surface area contributed by atoms with Crippen molar-refractivity contribution < 1.29 is 13.6 Å². The fourth-order valence-corrected chi connectivity index (χ4v) is 1.71. The minimum absolute atomic E-state index is 0.201. The fraction of sp³-hybridized carbons (Fsp3) is 0.133. The van der Waals surface area contributed by atoms with E-state index in [0.717, 1.165) is 0 Å². The summed E-state index contributed by atoms with van der Waals surface area (Å²) in [5.74, 6) is -0.973. The van der Waals surface area contributed by atoms with E-state index in [2.05, 4.69) is 10.6 Å². The molecule has 104 valence electrons. The molecular formula is C15H14F2N2O. The average Bonchev–Trinajstić information content (AvgIpc) is 2.38. The van der Waals surface area contributed by atoms with Gasteiger partial charge in [-0.1, -0.05) is 12.1 Å². The zero-order chi connectivity index (χ0) is 14.4. The van der Waals surface area contributed by atoms with Gasteiger partial charge in [0, 0.05) is 24.3 Å². The molecule has 0 unspecified atom stereocenters. The van der Waals surface area contributed by atoms with Gasteiger partial charge in [0.2, 0.25) is 5.91 Å². The van der Waals surface area contributed by atoms with Crippen LogP contribution < -0.4 is 10.6 Å². The molecule has 0 aliphatic heterocycles. The number of halogens is 2. The summed E-state index contributed by atoms with van der Waals surface area (Å²) in [6.45, 7) is 0.366. The molecule has 1 amide bonds. The predicted octanol–water partition coefficient (Wildman–Crippen LogP) is 3.41. The fourth-order valence-electron chi connectivity index (χ4n) is 1.71. The Labute approximate surface area is 115 Å². The third-order valence-corrected chi connectivity index (χ3v) is 2.61. The van der Waals surface area contributed by atoms with E-state index < -0.39 is 5.82 Å². The van der Waals surface area contributed by atoms with Crippen molar-refractivity contribution in [3.05, 3.63) is 60.2 Å². The molecule has 0 heterocycles. The van der Waals surface area contributed by atoms with Gasteiger partial charge in [0.05, 0.1) is 0 Å². The molecule has 0 atom stereocenters. The zero-order valence-corrected chi connectivity index (χ0v) is 10.7. The number of hydrogen-bond acceptors (Lipinski definition) is 2. The molecule has 0 radical (unpaired) electrons. The molecule has 0 aliphatic carbocycles. The highest BCUT2D eigenvalue weighted by molar-refractivity contribution is 5.90. The van der Waals surface area contributed by atoms with E-state index in [1.54, 1.807) is 18.2 Å². The van der Waals surface area contributed by atoms with Crippen LogP contribution in [-0.4, -0.2) is 12.5 Å². The van der Waals surface area contributed by atoms with Crippen molar-refractivity contribution in [2.45, 2.75) is 6.42 Å². The van der Waals surface area contributed by atoms with Crippen molar-refractivity contribution in [3.8, 4) is 0 Å². The summed E-state index contributed by atoms with van der Waals surface area (Å²) < 4.78 is 25.9. The number of rotatable bonds is 5. The van der Waals surface area contributed by atoms with Crippen molar-refractivity contribution in [3.63, 3.8) is 0 Å². The number of hydrogen-bond donors (Lipinski definition) is 2. The molecule has 2 aromatic carbocycles. The lowest BCUT2D eigenvalue weighted by Gasteiger charge is -2.07. The van der Waals surface area contributed by atoms with E-state index >= 15 is 0 Å². The minimum Gasteiger partial charge on any atom is -0.384 e. The van der Waals surface area contributed by atoms with Gasteiger partial charge in [0.15, 0.2) is 0 Å². The van der Waals surface area contributed by atoms with Gasteiger partial charge in [0.25, 0.3) is 0 Å². The number of carbonyl (C=O) groups is 1. The maximum atomic E-state index is 12.9. The van der Waals surface area contributed by atoms with Gasteiger partial charge in [-0.3, -0.25) is 4.79 Å². The topological polar surface area (TPSA) is 41.1 Å². The van der Waals surface area contributed by atoms with Gasteiger partial charge in [0.1, 0.15) is 11.6 Å². The molecule has 0 spiro atoms. The Morgan fingerprint density at radius 3 is 2.20 bits per heavy atom. The zero-order valence-electron chi connectivity index (χ0n) is 10.7. The highest BCUT2D eigenvalue weighted by Gasteiger charge is 2.03. The summed E-state index contributed by atoms with van der Waals surface area (Å²) in [7, 11) is 0. The van der Waals surface area contributed by atoms with Crippen LogP contribution in [0.15, 0.2) is 48.5 Å². The molecule has 0 saturated heterocycles. The molecule has 2 N–H and O–H groups in total. The summed E-state index contributed by atoms with van der Waals surface area (Å²) in [6, 6.07) is 11.7. The monoisotopic (exact) mass is 276 g/mol. The smallest absolute Gasteiger partial charge is 0.226 e. The first-order valence-electron chi connectivity index (χ1n) is 6.18. The summed E-state index contributed by atoms with van der Waals surface area (Å²) in [5.41, 5.74) is 1.03. The summed E-state index contributed by atoms with van der Waals surface area (Å²) >= 11 is 0. The van der Waals surface area contributed by atoms with E-state index in [0.29, 0.717) is 17.9 Å². The van der Waals surface area contributed by atoms with Crippen LogP contribution in [0.1, 0.15) is 6.42 Å². The van der Waals surface area contributed by atoms with Crippen LogP contribution in [0.25, 0.3) is 0 Å². The van der Waals surface area contributed by atoms with Crippen LogP contribution in [0.4, 0.5) is 20.2 Å². The molecule has 2 aromatic rings. The quantitative estimate of drug-likeness (QED) is 0.878. The predicted molar refractivity (Wildman–Crippen MR) is 74.5 cm³/mol. The lowest BCUT2D eigenvalue weighted by Crippen LogP contribution is -2.16. The Bertz CT molecular complexity index is 602. The molecule has 2 rings (SSSR count). The van der Waals surface area contributed by atoms with Crippen molar-refractivity contribution in [2.24, 2.45) is 0 Å². The van der Waals surface area contributed by atoms with Gasteiger partial charge in [-0.2, -0.15) is 0 Å². The maximum Gasteiger partial charge on any atom is 0.226 e. The van der Waals surface area contributed by atoms with Gasteiger partial charge in [-0.25, -0.2) is 8.78 Å². The highest BCUT2D eigenvalue weighted by atomic mass is 19.1. The van der Waals surface area contributed by atoms with Gasteiger partial charge < -0.3 is 10.6 Å².